The van der Waals surface area contributed by atoms with Gasteiger partial charge in [0.1, 0.15) is 0 Å². The van der Waals surface area contributed by atoms with E-state index in [9.17, 15) is 0 Å². The summed E-state index contributed by atoms with van der Waals surface area (Å²) in [6, 6.07) is 9.69. The number of halogens is 1. The predicted octanol–water partition coefficient (Wildman–Crippen LogP) is 2.99. The van der Waals surface area contributed by atoms with E-state index >= 15 is 0 Å². The van der Waals surface area contributed by atoms with Gasteiger partial charge in [0.25, 0.3) is 0 Å². The quantitative estimate of drug-likeness (QED) is 0.924. The Morgan fingerprint density at radius 3 is 2.50 bits per heavy atom. The summed E-state index contributed by atoms with van der Waals surface area (Å²) in [5.41, 5.74) is 10.2. The number of nitrogens with two attached hydrogens (primary N) is 1. The molecule has 0 fully saturated rings. The maximum Gasteiger partial charge on any atom is 0.0648 e. The highest BCUT2D eigenvalue weighted by Gasteiger charge is 2.11. The third-order valence-corrected chi connectivity index (χ3v) is 3.16. The molecule has 0 aliphatic rings. The molecule has 2 rings (SSSR count). The molecule has 4 heteroatoms. The number of nitrogens with zero attached hydrogens (tertiary/aromatic N) is 2. The molecule has 0 aliphatic heterocycles. The maximum atomic E-state index is 6.23. The van der Waals surface area contributed by atoms with Gasteiger partial charge in [-0.2, -0.15) is 10.2 Å². The summed E-state index contributed by atoms with van der Waals surface area (Å²) in [7, 11) is 0. The standard InChI is InChI=1S/C14H16ClN3/c1-9-7-13(10(2)18-17-9)14(16)8-11-3-5-12(15)6-4-11/h3-7,14H,8,16H2,1-2H3. The molecule has 0 aliphatic carbocycles. The van der Waals surface area contributed by atoms with Crippen LogP contribution in [-0.4, -0.2) is 10.2 Å². The summed E-state index contributed by atoms with van der Waals surface area (Å²) in [4.78, 5) is 0. The molecular formula is C14H16ClN3. The zero-order valence-corrected chi connectivity index (χ0v) is 11.3. The Hall–Kier alpha value is -1.45. The van der Waals surface area contributed by atoms with Crippen molar-refractivity contribution in [3.8, 4) is 0 Å². The van der Waals surface area contributed by atoms with Crippen molar-refractivity contribution in [3.63, 3.8) is 0 Å². The van der Waals surface area contributed by atoms with Gasteiger partial charge in [-0.25, -0.2) is 0 Å². The summed E-state index contributed by atoms with van der Waals surface area (Å²) in [6.07, 6.45) is 0.767. The third-order valence-electron chi connectivity index (χ3n) is 2.91. The van der Waals surface area contributed by atoms with E-state index in [1.807, 2.05) is 44.2 Å². The van der Waals surface area contributed by atoms with Crippen LogP contribution < -0.4 is 5.73 Å². The van der Waals surface area contributed by atoms with Gasteiger partial charge in [-0.15, -0.1) is 0 Å². The zero-order chi connectivity index (χ0) is 13.1. The number of aromatic nitrogens is 2. The van der Waals surface area contributed by atoms with E-state index in [1.54, 1.807) is 0 Å². The Morgan fingerprint density at radius 1 is 1.17 bits per heavy atom. The lowest BCUT2D eigenvalue weighted by Crippen LogP contribution is -2.16. The van der Waals surface area contributed by atoms with Crippen molar-refractivity contribution in [2.45, 2.75) is 26.3 Å². The minimum Gasteiger partial charge on any atom is -0.324 e. The van der Waals surface area contributed by atoms with Crippen molar-refractivity contribution in [1.82, 2.24) is 10.2 Å². The lowest BCUT2D eigenvalue weighted by molar-refractivity contribution is 0.700. The summed E-state index contributed by atoms with van der Waals surface area (Å²) >= 11 is 5.86. The molecule has 1 aromatic carbocycles. The molecule has 1 atom stereocenters. The molecule has 2 aromatic rings. The SMILES string of the molecule is Cc1cc(C(N)Cc2ccc(Cl)cc2)c(C)nn1. The molecule has 0 spiro atoms. The fourth-order valence-electron chi connectivity index (χ4n) is 1.93. The number of aryl methyl sites for hydroxylation is 2. The largest absolute Gasteiger partial charge is 0.324 e. The first kappa shape index (κ1) is 13.0. The Kier molecular flexibility index (Phi) is 3.94. The summed E-state index contributed by atoms with van der Waals surface area (Å²) in [6.45, 7) is 3.86. The van der Waals surface area contributed by atoms with Gasteiger partial charge in [-0.1, -0.05) is 23.7 Å². The van der Waals surface area contributed by atoms with Gasteiger partial charge in [0, 0.05) is 11.1 Å². The first-order valence-electron chi connectivity index (χ1n) is 5.87. The van der Waals surface area contributed by atoms with Crippen molar-refractivity contribution >= 4 is 11.6 Å². The normalized spacial score (nSPS) is 12.4. The van der Waals surface area contributed by atoms with Crippen molar-refractivity contribution in [2.24, 2.45) is 5.73 Å². The summed E-state index contributed by atoms with van der Waals surface area (Å²) in [5, 5.41) is 8.86. The molecule has 0 saturated carbocycles. The highest BCUT2D eigenvalue weighted by Crippen LogP contribution is 2.19. The highest BCUT2D eigenvalue weighted by atomic mass is 35.5. The zero-order valence-electron chi connectivity index (χ0n) is 10.5. The lowest BCUT2D eigenvalue weighted by Gasteiger charge is -2.14. The van der Waals surface area contributed by atoms with Crippen LogP contribution in [0.2, 0.25) is 5.02 Å². The Labute approximate surface area is 112 Å². The fourth-order valence-corrected chi connectivity index (χ4v) is 2.06. The molecule has 1 aromatic heterocycles. The molecule has 2 N–H and O–H groups in total. The van der Waals surface area contributed by atoms with Gasteiger partial charge in [-0.3, -0.25) is 0 Å². The molecule has 1 heterocycles. The van der Waals surface area contributed by atoms with Crippen LogP contribution in [0.1, 0.15) is 28.6 Å². The number of hydrogen-bond acceptors (Lipinski definition) is 3. The van der Waals surface area contributed by atoms with Gasteiger partial charge in [0.05, 0.1) is 11.4 Å². The minimum absolute atomic E-state index is 0.0691. The van der Waals surface area contributed by atoms with Gasteiger partial charge in [0.15, 0.2) is 0 Å². The van der Waals surface area contributed by atoms with E-state index in [-0.39, 0.29) is 6.04 Å². The lowest BCUT2D eigenvalue weighted by atomic mass is 9.99. The Bertz CT molecular complexity index is 537. The van der Waals surface area contributed by atoms with Crippen LogP contribution in [0.4, 0.5) is 0 Å². The van der Waals surface area contributed by atoms with Crippen LogP contribution in [0.25, 0.3) is 0 Å². The molecule has 0 radical (unpaired) electrons. The summed E-state index contributed by atoms with van der Waals surface area (Å²) in [5.74, 6) is 0. The second-order valence-electron chi connectivity index (χ2n) is 4.46. The van der Waals surface area contributed by atoms with Crippen LogP contribution in [0.3, 0.4) is 0 Å². The predicted molar refractivity (Wildman–Crippen MR) is 73.6 cm³/mol. The first-order chi connectivity index (χ1) is 8.56. The molecule has 3 nitrogen and oxygen atoms in total. The van der Waals surface area contributed by atoms with E-state index in [2.05, 4.69) is 10.2 Å². The van der Waals surface area contributed by atoms with E-state index in [0.29, 0.717) is 0 Å². The molecular weight excluding hydrogens is 246 g/mol. The van der Waals surface area contributed by atoms with Crippen molar-refractivity contribution < 1.29 is 0 Å². The van der Waals surface area contributed by atoms with Crippen LogP contribution in [0, 0.1) is 13.8 Å². The van der Waals surface area contributed by atoms with E-state index in [1.165, 1.54) is 5.56 Å². The average molecular weight is 262 g/mol. The molecule has 18 heavy (non-hydrogen) atoms. The number of hydrogen-bond donors (Lipinski definition) is 1. The molecule has 0 amide bonds. The van der Waals surface area contributed by atoms with E-state index in [4.69, 9.17) is 17.3 Å². The van der Waals surface area contributed by atoms with E-state index in [0.717, 1.165) is 28.4 Å². The van der Waals surface area contributed by atoms with Crippen molar-refractivity contribution in [3.05, 3.63) is 57.9 Å². The van der Waals surface area contributed by atoms with Crippen LogP contribution in [-0.2, 0) is 6.42 Å². The molecule has 94 valence electrons. The average Bonchev–Trinajstić information content (AvgIpc) is 2.35. The molecule has 0 bridgehead atoms. The van der Waals surface area contributed by atoms with Gasteiger partial charge in [-0.05, 0) is 49.6 Å². The molecule has 0 saturated heterocycles. The third kappa shape index (κ3) is 3.06. The van der Waals surface area contributed by atoms with Crippen LogP contribution in [0.15, 0.2) is 30.3 Å². The van der Waals surface area contributed by atoms with Crippen LogP contribution >= 0.6 is 11.6 Å². The first-order valence-corrected chi connectivity index (χ1v) is 6.25. The van der Waals surface area contributed by atoms with Gasteiger partial charge in [0.2, 0.25) is 0 Å². The van der Waals surface area contributed by atoms with Gasteiger partial charge >= 0.3 is 0 Å². The Balaban J connectivity index is 2.18. The maximum absolute atomic E-state index is 6.23. The van der Waals surface area contributed by atoms with Crippen molar-refractivity contribution in [1.29, 1.82) is 0 Å². The van der Waals surface area contributed by atoms with E-state index < -0.39 is 0 Å². The van der Waals surface area contributed by atoms with Crippen molar-refractivity contribution in [2.75, 3.05) is 0 Å². The Morgan fingerprint density at radius 2 is 1.83 bits per heavy atom. The van der Waals surface area contributed by atoms with Gasteiger partial charge < -0.3 is 5.73 Å². The summed E-state index contributed by atoms with van der Waals surface area (Å²) < 4.78 is 0. The minimum atomic E-state index is -0.0691. The second-order valence-corrected chi connectivity index (χ2v) is 4.90. The second kappa shape index (κ2) is 5.46. The smallest absolute Gasteiger partial charge is 0.0648 e. The fraction of sp³-hybridized carbons (Fsp3) is 0.286. The highest BCUT2D eigenvalue weighted by molar-refractivity contribution is 6.30. The number of rotatable bonds is 3. The van der Waals surface area contributed by atoms with Crippen LogP contribution in [0.5, 0.6) is 0 Å². The number of benzene rings is 1. The monoisotopic (exact) mass is 261 g/mol. The molecule has 1 unspecified atom stereocenters. The topological polar surface area (TPSA) is 51.8 Å².